The molecule has 1 aliphatic rings. The molecular weight excluding hydrogens is 306 g/mol. The van der Waals surface area contributed by atoms with Crippen LogP contribution in [0.15, 0.2) is 24.3 Å². The molecule has 1 heterocycles. The molecule has 1 saturated heterocycles. The lowest BCUT2D eigenvalue weighted by molar-refractivity contribution is -1.01. The van der Waals surface area contributed by atoms with Crippen molar-refractivity contribution < 1.29 is 24.5 Å². The monoisotopic (exact) mass is 334 g/mol. The van der Waals surface area contributed by atoms with Crippen molar-refractivity contribution in [2.45, 2.75) is 32.2 Å². The van der Waals surface area contributed by atoms with E-state index in [2.05, 4.69) is 26.2 Å². The van der Waals surface area contributed by atoms with Gasteiger partial charge < -0.3 is 25.0 Å². The zero-order valence-corrected chi connectivity index (χ0v) is 14.7. The molecular formula is C18H28N3O3+. The third-order valence-electron chi connectivity index (χ3n) is 4.77. The second-order valence-corrected chi connectivity index (χ2v) is 7.02. The highest BCUT2D eigenvalue weighted by Gasteiger charge is 2.30. The summed E-state index contributed by atoms with van der Waals surface area (Å²) < 4.78 is 0. The number of anilines is 1. The van der Waals surface area contributed by atoms with Gasteiger partial charge >= 0.3 is 0 Å². The number of benzene rings is 1. The normalized spacial score (nSPS) is 22.2. The molecule has 0 bridgehead atoms. The van der Waals surface area contributed by atoms with E-state index in [0.29, 0.717) is 11.6 Å². The molecule has 0 saturated carbocycles. The van der Waals surface area contributed by atoms with Gasteiger partial charge in [0.1, 0.15) is 32.2 Å². The van der Waals surface area contributed by atoms with Crippen LogP contribution >= 0.6 is 0 Å². The minimum atomic E-state index is -1.14. The number of carbonyl (C=O) groups excluding carboxylic acids is 2. The Morgan fingerprint density at radius 3 is 2.21 bits per heavy atom. The second-order valence-electron chi connectivity index (χ2n) is 7.02. The Hall–Kier alpha value is -1.92. The van der Waals surface area contributed by atoms with Gasteiger partial charge in [-0.2, -0.15) is 0 Å². The first-order valence-electron chi connectivity index (χ1n) is 8.63. The summed E-state index contributed by atoms with van der Waals surface area (Å²) in [7, 11) is 2.10. The number of hydrogen-bond donors (Lipinski definition) is 3. The van der Waals surface area contributed by atoms with Crippen LogP contribution in [0.4, 0.5) is 5.69 Å². The molecule has 3 N–H and O–H groups in total. The van der Waals surface area contributed by atoms with E-state index in [1.807, 2.05) is 24.3 Å². The Morgan fingerprint density at radius 2 is 1.71 bits per heavy atom. The van der Waals surface area contributed by atoms with Crippen LogP contribution in [0, 0.1) is 0 Å². The molecule has 1 amide bonds. The predicted octanol–water partition coefficient (Wildman–Crippen LogP) is -2.33. The lowest BCUT2D eigenvalue weighted by Gasteiger charge is -2.33. The summed E-state index contributed by atoms with van der Waals surface area (Å²) >= 11 is 0. The highest BCUT2D eigenvalue weighted by Crippen LogP contribution is 2.17. The molecule has 0 unspecified atom stereocenters. The zero-order valence-electron chi connectivity index (χ0n) is 14.7. The van der Waals surface area contributed by atoms with E-state index in [1.54, 1.807) is 0 Å². The number of carboxylic acids is 1. The van der Waals surface area contributed by atoms with Gasteiger partial charge in [0, 0.05) is 5.69 Å². The third-order valence-corrected chi connectivity index (χ3v) is 4.77. The Morgan fingerprint density at radius 1 is 1.12 bits per heavy atom. The number of aliphatic carboxylic acids is 1. The van der Waals surface area contributed by atoms with Crippen LogP contribution in [0.1, 0.15) is 31.7 Å². The lowest BCUT2D eigenvalue weighted by atomic mass is 10.0. The fourth-order valence-corrected chi connectivity index (χ4v) is 3.09. The summed E-state index contributed by atoms with van der Waals surface area (Å²) in [6.45, 7) is 7.55. The number of carboxylic acid groups (broad SMARTS) is 1. The first-order valence-corrected chi connectivity index (χ1v) is 8.63. The number of nitrogens with one attached hydrogen (secondary N) is 3. The average Bonchev–Trinajstić information content (AvgIpc) is 2.54. The molecule has 0 aliphatic carbocycles. The van der Waals surface area contributed by atoms with Gasteiger partial charge in [0.2, 0.25) is 5.91 Å². The lowest BCUT2D eigenvalue weighted by Crippen LogP contribution is -3.29. The topological polar surface area (TPSA) is 78.1 Å². The number of carbonyl (C=O) groups is 2. The summed E-state index contributed by atoms with van der Waals surface area (Å²) in [4.78, 5) is 26.0. The average molecular weight is 334 g/mol. The molecule has 0 aromatic heterocycles. The fourth-order valence-electron chi connectivity index (χ4n) is 3.09. The highest BCUT2D eigenvalue weighted by molar-refractivity contribution is 5.93. The van der Waals surface area contributed by atoms with E-state index in [0.717, 1.165) is 31.1 Å². The van der Waals surface area contributed by atoms with E-state index in [9.17, 15) is 14.7 Å². The van der Waals surface area contributed by atoms with E-state index >= 15 is 0 Å². The van der Waals surface area contributed by atoms with Gasteiger partial charge in [-0.1, -0.05) is 26.0 Å². The first kappa shape index (κ1) is 18.4. The molecule has 1 fully saturated rings. The van der Waals surface area contributed by atoms with Crippen molar-refractivity contribution >= 4 is 17.6 Å². The Balaban J connectivity index is 1.94. The van der Waals surface area contributed by atoms with Crippen LogP contribution < -0.4 is 20.2 Å². The SMILES string of the molecule is CC(C)c1ccc(NC(=O)C[C@@H](C(=O)[O-])[NH+]2CC[NH+](C)CC2)cc1. The second kappa shape index (κ2) is 8.26. The van der Waals surface area contributed by atoms with Crippen LogP contribution in [0.2, 0.25) is 0 Å². The maximum atomic E-state index is 12.2. The van der Waals surface area contributed by atoms with Gasteiger partial charge in [-0.15, -0.1) is 0 Å². The van der Waals surface area contributed by atoms with Crippen molar-refractivity contribution in [1.82, 2.24) is 0 Å². The number of likely N-dealkylation sites (N-methyl/N-ethyl adjacent to an activating group) is 1. The minimum Gasteiger partial charge on any atom is -0.544 e. The molecule has 1 aromatic carbocycles. The van der Waals surface area contributed by atoms with Gasteiger partial charge in [-0.3, -0.25) is 4.79 Å². The Kier molecular flexibility index (Phi) is 6.34. The molecule has 1 aliphatic heterocycles. The smallest absolute Gasteiger partial charge is 0.230 e. The van der Waals surface area contributed by atoms with Crippen LogP contribution in [0.3, 0.4) is 0 Å². The summed E-state index contributed by atoms with van der Waals surface area (Å²) in [5, 5.41) is 14.3. The van der Waals surface area contributed by atoms with Gasteiger partial charge in [0.05, 0.1) is 19.4 Å². The molecule has 2 rings (SSSR count). The quantitative estimate of drug-likeness (QED) is 0.546. The predicted molar refractivity (Wildman–Crippen MR) is 89.9 cm³/mol. The molecule has 1 atom stereocenters. The first-order chi connectivity index (χ1) is 11.4. The van der Waals surface area contributed by atoms with Crippen LogP contribution in [-0.2, 0) is 9.59 Å². The van der Waals surface area contributed by atoms with Crippen molar-refractivity contribution in [2.24, 2.45) is 0 Å². The van der Waals surface area contributed by atoms with Gasteiger partial charge in [-0.25, -0.2) is 0 Å². The number of amides is 1. The molecule has 6 heteroatoms. The fraction of sp³-hybridized carbons (Fsp3) is 0.556. The highest BCUT2D eigenvalue weighted by atomic mass is 16.4. The van der Waals surface area contributed by atoms with Crippen molar-refractivity contribution in [3.05, 3.63) is 29.8 Å². The van der Waals surface area contributed by atoms with E-state index < -0.39 is 12.0 Å². The zero-order chi connectivity index (χ0) is 17.7. The molecule has 0 spiro atoms. The van der Waals surface area contributed by atoms with E-state index in [4.69, 9.17) is 0 Å². The maximum Gasteiger partial charge on any atom is 0.230 e. The van der Waals surface area contributed by atoms with E-state index in [1.165, 1.54) is 10.5 Å². The third kappa shape index (κ3) is 5.04. The molecule has 6 nitrogen and oxygen atoms in total. The summed E-state index contributed by atoms with van der Waals surface area (Å²) in [5.41, 5.74) is 1.89. The summed E-state index contributed by atoms with van der Waals surface area (Å²) in [6.07, 6.45) is -0.0529. The molecule has 0 radical (unpaired) electrons. The summed E-state index contributed by atoms with van der Waals surface area (Å²) in [6, 6.07) is 6.88. The van der Waals surface area contributed by atoms with Crippen molar-refractivity contribution in [1.29, 1.82) is 0 Å². The van der Waals surface area contributed by atoms with Crippen molar-refractivity contribution in [3.8, 4) is 0 Å². The maximum absolute atomic E-state index is 12.2. The number of hydrogen-bond acceptors (Lipinski definition) is 3. The van der Waals surface area contributed by atoms with Crippen LogP contribution in [0.25, 0.3) is 0 Å². The Bertz CT molecular complexity index is 563. The van der Waals surface area contributed by atoms with Gasteiger partial charge in [-0.05, 0) is 23.6 Å². The van der Waals surface area contributed by atoms with E-state index in [-0.39, 0.29) is 12.3 Å². The minimum absolute atomic E-state index is 0.0529. The van der Waals surface area contributed by atoms with Crippen molar-refractivity contribution in [2.75, 3.05) is 38.5 Å². The standard InChI is InChI=1S/C18H27N3O3/c1-13(2)14-4-6-15(7-5-14)19-17(22)12-16(18(23)24)21-10-8-20(3)9-11-21/h4-7,13,16H,8-12H2,1-3H3,(H,19,22)(H,23,24)/p+1/t16-/m0/s1. The van der Waals surface area contributed by atoms with Gasteiger partial charge in [0.25, 0.3) is 0 Å². The molecule has 132 valence electrons. The molecule has 24 heavy (non-hydrogen) atoms. The Labute approximate surface area is 143 Å². The van der Waals surface area contributed by atoms with Crippen molar-refractivity contribution in [3.63, 3.8) is 0 Å². The van der Waals surface area contributed by atoms with Gasteiger partial charge in [0.15, 0.2) is 0 Å². The number of quaternary nitrogens is 2. The molecule has 1 aromatic rings. The summed E-state index contributed by atoms with van der Waals surface area (Å²) in [5.74, 6) is -0.990. The van der Waals surface area contributed by atoms with Crippen LogP contribution in [-0.4, -0.2) is 51.1 Å². The largest absolute Gasteiger partial charge is 0.544 e. The number of piperazine rings is 1. The number of rotatable bonds is 6. The van der Waals surface area contributed by atoms with Crippen LogP contribution in [0.5, 0.6) is 0 Å².